The lowest BCUT2D eigenvalue weighted by Gasteiger charge is -1.93. The standard InChI is InChI=1S/C8H5ClN2O2/c9-5-1-4-2-6(8(12)13)11-7(4)10-3-5/h1-3H,(H,10,11)(H,12,13)/p-1. The van der Waals surface area contributed by atoms with E-state index in [9.17, 15) is 9.90 Å². The number of H-pyrrole nitrogens is 1. The van der Waals surface area contributed by atoms with E-state index < -0.39 is 5.97 Å². The molecule has 0 saturated heterocycles. The first-order chi connectivity index (χ1) is 6.16. The Balaban J connectivity index is 2.68. The van der Waals surface area contributed by atoms with Gasteiger partial charge in [-0.1, -0.05) is 11.6 Å². The first-order valence-corrected chi connectivity index (χ1v) is 3.90. The molecule has 0 radical (unpaired) electrons. The van der Waals surface area contributed by atoms with Crippen molar-refractivity contribution in [3.8, 4) is 0 Å². The van der Waals surface area contributed by atoms with Crippen molar-refractivity contribution >= 4 is 28.6 Å². The zero-order valence-corrected chi connectivity index (χ0v) is 7.13. The maximum atomic E-state index is 10.5. The van der Waals surface area contributed by atoms with Crippen LogP contribution in [-0.2, 0) is 0 Å². The lowest BCUT2D eigenvalue weighted by molar-refractivity contribution is -0.255. The topological polar surface area (TPSA) is 68.8 Å². The number of carbonyl (C=O) groups is 1. The van der Waals surface area contributed by atoms with E-state index in [-0.39, 0.29) is 5.69 Å². The monoisotopic (exact) mass is 195 g/mol. The number of pyridine rings is 1. The molecule has 0 aromatic carbocycles. The van der Waals surface area contributed by atoms with E-state index in [4.69, 9.17) is 11.6 Å². The fourth-order valence-corrected chi connectivity index (χ4v) is 1.26. The number of aromatic amines is 1. The van der Waals surface area contributed by atoms with Gasteiger partial charge in [0.2, 0.25) is 0 Å². The summed E-state index contributed by atoms with van der Waals surface area (Å²) in [6, 6.07) is 3.07. The molecule has 2 rings (SSSR count). The number of carboxylic acid groups (broad SMARTS) is 1. The molecule has 0 unspecified atom stereocenters. The van der Waals surface area contributed by atoms with Crippen LogP contribution in [0.5, 0.6) is 0 Å². The van der Waals surface area contributed by atoms with E-state index in [1.54, 1.807) is 6.07 Å². The Morgan fingerprint density at radius 2 is 2.31 bits per heavy atom. The average Bonchev–Trinajstić information content (AvgIpc) is 2.46. The second-order valence-corrected chi connectivity index (χ2v) is 3.00. The molecule has 0 fully saturated rings. The summed E-state index contributed by atoms with van der Waals surface area (Å²) in [7, 11) is 0. The van der Waals surface area contributed by atoms with Gasteiger partial charge in [-0.25, -0.2) is 4.98 Å². The largest absolute Gasteiger partial charge is 0.543 e. The van der Waals surface area contributed by atoms with Gasteiger partial charge in [0, 0.05) is 11.6 Å². The molecule has 0 atom stereocenters. The second kappa shape index (κ2) is 2.74. The van der Waals surface area contributed by atoms with Crippen LogP contribution in [0.25, 0.3) is 11.0 Å². The van der Waals surface area contributed by atoms with Gasteiger partial charge in [-0.2, -0.15) is 0 Å². The van der Waals surface area contributed by atoms with Crippen molar-refractivity contribution in [3.63, 3.8) is 0 Å². The predicted molar refractivity (Wildman–Crippen MR) is 45.4 cm³/mol. The zero-order valence-electron chi connectivity index (χ0n) is 6.37. The van der Waals surface area contributed by atoms with Crippen LogP contribution in [0.3, 0.4) is 0 Å². The van der Waals surface area contributed by atoms with Gasteiger partial charge in [0.25, 0.3) is 0 Å². The number of fused-ring (bicyclic) bond motifs is 1. The van der Waals surface area contributed by atoms with Gasteiger partial charge >= 0.3 is 0 Å². The summed E-state index contributed by atoms with van der Waals surface area (Å²) in [5.74, 6) is -1.26. The van der Waals surface area contributed by atoms with Crippen LogP contribution < -0.4 is 5.11 Å². The Hall–Kier alpha value is -1.55. The van der Waals surface area contributed by atoms with Crippen LogP contribution >= 0.6 is 11.6 Å². The molecule has 0 aliphatic heterocycles. The van der Waals surface area contributed by atoms with Crippen molar-refractivity contribution in [2.75, 3.05) is 0 Å². The van der Waals surface area contributed by atoms with Gasteiger partial charge < -0.3 is 14.9 Å². The third-order valence-corrected chi connectivity index (χ3v) is 1.86. The predicted octanol–water partition coefficient (Wildman–Crippen LogP) is 0.580. The number of aromatic carboxylic acids is 1. The van der Waals surface area contributed by atoms with E-state index in [0.717, 1.165) is 0 Å². The van der Waals surface area contributed by atoms with Gasteiger partial charge in [0.15, 0.2) is 0 Å². The molecule has 66 valence electrons. The van der Waals surface area contributed by atoms with E-state index in [0.29, 0.717) is 16.1 Å². The first kappa shape index (κ1) is 8.07. The van der Waals surface area contributed by atoms with E-state index in [1.165, 1.54) is 12.3 Å². The summed E-state index contributed by atoms with van der Waals surface area (Å²) in [5, 5.41) is 11.6. The molecule has 0 saturated carbocycles. The lowest BCUT2D eigenvalue weighted by Crippen LogP contribution is -2.22. The zero-order chi connectivity index (χ0) is 9.42. The lowest BCUT2D eigenvalue weighted by atomic mass is 10.3. The van der Waals surface area contributed by atoms with Crippen molar-refractivity contribution < 1.29 is 9.90 Å². The van der Waals surface area contributed by atoms with Crippen LogP contribution in [0.15, 0.2) is 18.3 Å². The van der Waals surface area contributed by atoms with Gasteiger partial charge in [0.05, 0.1) is 16.7 Å². The Morgan fingerprint density at radius 1 is 1.54 bits per heavy atom. The minimum absolute atomic E-state index is 0.00441. The van der Waals surface area contributed by atoms with Crippen molar-refractivity contribution in [1.29, 1.82) is 0 Å². The fourth-order valence-electron chi connectivity index (χ4n) is 1.10. The van der Waals surface area contributed by atoms with Crippen LogP contribution in [0.4, 0.5) is 0 Å². The van der Waals surface area contributed by atoms with E-state index >= 15 is 0 Å². The highest BCUT2D eigenvalue weighted by Gasteiger charge is 2.02. The number of carboxylic acids is 1. The number of nitrogens with one attached hydrogen (secondary N) is 1. The molecule has 0 aliphatic carbocycles. The van der Waals surface area contributed by atoms with Crippen molar-refractivity contribution in [1.82, 2.24) is 9.97 Å². The molecule has 2 aromatic rings. The highest BCUT2D eigenvalue weighted by Crippen LogP contribution is 2.16. The number of hydrogen-bond acceptors (Lipinski definition) is 3. The number of hydrogen-bond donors (Lipinski definition) is 1. The van der Waals surface area contributed by atoms with Gasteiger partial charge in [-0.05, 0) is 12.1 Å². The Bertz CT molecular complexity index is 478. The van der Waals surface area contributed by atoms with Gasteiger partial charge in [0.1, 0.15) is 5.65 Å². The third-order valence-electron chi connectivity index (χ3n) is 1.66. The van der Waals surface area contributed by atoms with E-state index in [2.05, 4.69) is 9.97 Å². The van der Waals surface area contributed by atoms with Crippen LogP contribution in [0, 0.1) is 0 Å². The van der Waals surface area contributed by atoms with Crippen molar-refractivity contribution in [3.05, 3.63) is 29.0 Å². The molecular formula is C8H4ClN2O2-. The van der Waals surface area contributed by atoms with Crippen LogP contribution in [-0.4, -0.2) is 15.9 Å². The molecule has 0 spiro atoms. The molecule has 4 nitrogen and oxygen atoms in total. The molecule has 2 aromatic heterocycles. The molecule has 0 amide bonds. The normalized spacial score (nSPS) is 10.5. The van der Waals surface area contributed by atoms with Gasteiger partial charge in [-0.15, -0.1) is 0 Å². The van der Waals surface area contributed by atoms with Crippen LogP contribution in [0.2, 0.25) is 5.02 Å². The first-order valence-electron chi connectivity index (χ1n) is 3.52. The molecule has 5 heteroatoms. The SMILES string of the molecule is O=C([O-])c1cc2cc(Cl)cnc2[nH]1. The molecule has 13 heavy (non-hydrogen) atoms. The minimum Gasteiger partial charge on any atom is -0.543 e. The highest BCUT2D eigenvalue weighted by atomic mass is 35.5. The van der Waals surface area contributed by atoms with Crippen molar-refractivity contribution in [2.24, 2.45) is 0 Å². The Labute approximate surface area is 78.2 Å². The Kier molecular flexibility index (Phi) is 1.70. The molecular weight excluding hydrogens is 192 g/mol. The Morgan fingerprint density at radius 3 is 3.00 bits per heavy atom. The minimum atomic E-state index is -1.26. The summed E-state index contributed by atoms with van der Waals surface area (Å²) >= 11 is 5.67. The van der Waals surface area contributed by atoms with Crippen LogP contribution in [0.1, 0.15) is 10.5 Å². The number of halogens is 1. The summed E-state index contributed by atoms with van der Waals surface area (Å²) in [4.78, 5) is 16.9. The fraction of sp³-hybridized carbons (Fsp3) is 0. The summed E-state index contributed by atoms with van der Waals surface area (Å²) in [5.41, 5.74) is 0.494. The maximum absolute atomic E-state index is 10.5. The number of aromatic nitrogens is 2. The smallest absolute Gasteiger partial charge is 0.137 e. The summed E-state index contributed by atoms with van der Waals surface area (Å²) in [6.07, 6.45) is 1.44. The number of carbonyl (C=O) groups excluding carboxylic acids is 1. The molecule has 0 bridgehead atoms. The molecule has 1 N–H and O–H groups in total. The third kappa shape index (κ3) is 1.36. The summed E-state index contributed by atoms with van der Waals surface area (Å²) in [6.45, 7) is 0. The van der Waals surface area contributed by atoms with Gasteiger partial charge in [-0.3, -0.25) is 0 Å². The maximum Gasteiger partial charge on any atom is 0.137 e. The number of nitrogens with zero attached hydrogens (tertiary/aromatic N) is 1. The highest BCUT2D eigenvalue weighted by molar-refractivity contribution is 6.31. The average molecular weight is 196 g/mol. The summed E-state index contributed by atoms with van der Waals surface area (Å²) < 4.78 is 0. The number of rotatable bonds is 1. The van der Waals surface area contributed by atoms with E-state index in [1.807, 2.05) is 0 Å². The second-order valence-electron chi connectivity index (χ2n) is 2.56. The van der Waals surface area contributed by atoms with Crippen molar-refractivity contribution in [2.45, 2.75) is 0 Å². The quantitative estimate of drug-likeness (QED) is 0.724. The molecule has 0 aliphatic rings. The molecule has 2 heterocycles.